The average Bonchev–Trinajstić information content (AvgIpc) is 2.97. The molecule has 0 aliphatic carbocycles. The zero-order valence-corrected chi connectivity index (χ0v) is 13.8. The molecule has 2 aromatic carbocycles. The molecular weight excluding hydrogens is 336 g/mol. The zero-order valence-electron chi connectivity index (χ0n) is 12.2. The van der Waals surface area contributed by atoms with Gasteiger partial charge in [0.2, 0.25) is 5.82 Å². The maximum atomic E-state index is 11.5. The van der Waals surface area contributed by atoms with E-state index in [1.54, 1.807) is 24.3 Å². The smallest absolute Gasteiger partial charge is 0.204 e. The first-order valence-corrected chi connectivity index (χ1v) is 9.01. The van der Waals surface area contributed by atoms with Gasteiger partial charge in [0.1, 0.15) is 0 Å². The minimum absolute atomic E-state index is 0.259. The molecule has 3 aromatic rings. The van der Waals surface area contributed by atoms with Crippen LogP contribution in [0, 0.1) is 0 Å². The van der Waals surface area contributed by atoms with E-state index in [9.17, 15) is 8.42 Å². The second-order valence-corrected chi connectivity index (χ2v) is 7.52. The van der Waals surface area contributed by atoms with Crippen LogP contribution in [0.1, 0.15) is 5.56 Å². The number of tetrazole rings is 1. The highest BCUT2D eigenvalue weighted by Gasteiger charge is 2.10. The SMILES string of the molecule is CS(=O)(=O)c1ccc(-c2nnn(Cc3ccc(Cl)cc3)n2)cc1. The molecule has 0 saturated carbocycles. The van der Waals surface area contributed by atoms with Crippen molar-refractivity contribution in [3.05, 3.63) is 59.1 Å². The van der Waals surface area contributed by atoms with E-state index in [2.05, 4.69) is 15.4 Å². The van der Waals surface area contributed by atoms with Crippen LogP contribution in [0.5, 0.6) is 0 Å². The molecule has 0 fully saturated rings. The fourth-order valence-corrected chi connectivity index (χ4v) is 2.79. The Balaban J connectivity index is 1.80. The van der Waals surface area contributed by atoms with Gasteiger partial charge in [-0.05, 0) is 47.2 Å². The summed E-state index contributed by atoms with van der Waals surface area (Å²) >= 11 is 5.85. The van der Waals surface area contributed by atoms with Gasteiger partial charge in [0, 0.05) is 16.8 Å². The summed E-state index contributed by atoms with van der Waals surface area (Å²) in [5.41, 5.74) is 1.71. The highest BCUT2D eigenvalue weighted by atomic mass is 35.5. The van der Waals surface area contributed by atoms with Crippen LogP contribution < -0.4 is 0 Å². The third-order valence-electron chi connectivity index (χ3n) is 3.23. The van der Waals surface area contributed by atoms with Crippen molar-refractivity contribution in [2.45, 2.75) is 11.4 Å². The fraction of sp³-hybridized carbons (Fsp3) is 0.133. The molecule has 8 heteroatoms. The Labute approximate surface area is 138 Å². The minimum atomic E-state index is -3.21. The van der Waals surface area contributed by atoms with E-state index >= 15 is 0 Å². The molecule has 0 aliphatic heterocycles. The number of benzene rings is 2. The number of hydrogen-bond acceptors (Lipinski definition) is 5. The van der Waals surface area contributed by atoms with Crippen molar-refractivity contribution in [1.82, 2.24) is 20.2 Å². The highest BCUT2D eigenvalue weighted by Crippen LogP contribution is 2.17. The topological polar surface area (TPSA) is 77.7 Å². The Bertz CT molecular complexity index is 919. The van der Waals surface area contributed by atoms with Gasteiger partial charge in [0.05, 0.1) is 11.4 Å². The predicted octanol–water partition coefficient (Wildman–Crippen LogP) is 2.45. The maximum absolute atomic E-state index is 11.5. The molecule has 0 amide bonds. The Morgan fingerprint density at radius 1 is 1.04 bits per heavy atom. The van der Waals surface area contributed by atoms with Crippen LogP contribution in [0.25, 0.3) is 11.4 Å². The molecule has 23 heavy (non-hydrogen) atoms. The van der Waals surface area contributed by atoms with E-state index in [1.807, 2.05) is 12.1 Å². The number of nitrogens with zero attached hydrogens (tertiary/aromatic N) is 4. The Morgan fingerprint density at radius 3 is 2.30 bits per heavy atom. The molecule has 0 unspecified atom stereocenters. The van der Waals surface area contributed by atoms with Crippen molar-refractivity contribution >= 4 is 21.4 Å². The molecule has 118 valence electrons. The van der Waals surface area contributed by atoms with Crippen LogP contribution in [0.3, 0.4) is 0 Å². The molecule has 0 radical (unpaired) electrons. The normalized spacial score (nSPS) is 11.6. The minimum Gasteiger partial charge on any atom is -0.224 e. The fourth-order valence-electron chi connectivity index (χ4n) is 2.03. The summed E-state index contributed by atoms with van der Waals surface area (Å²) in [4.78, 5) is 1.73. The number of halogens is 1. The van der Waals surface area contributed by atoms with Crippen molar-refractivity contribution in [1.29, 1.82) is 0 Å². The third-order valence-corrected chi connectivity index (χ3v) is 4.61. The van der Waals surface area contributed by atoms with E-state index < -0.39 is 9.84 Å². The standard InChI is InChI=1S/C15H13ClN4O2S/c1-23(21,22)14-8-4-12(5-9-14)15-17-19-20(18-15)10-11-2-6-13(16)7-3-11/h2-9H,10H2,1H3. The van der Waals surface area contributed by atoms with E-state index in [0.29, 0.717) is 23.0 Å². The number of hydrogen-bond donors (Lipinski definition) is 0. The first-order valence-electron chi connectivity index (χ1n) is 6.74. The van der Waals surface area contributed by atoms with Gasteiger partial charge in [-0.25, -0.2) is 8.42 Å². The van der Waals surface area contributed by atoms with Gasteiger partial charge in [-0.15, -0.1) is 10.2 Å². The molecular formula is C15H13ClN4O2S. The van der Waals surface area contributed by atoms with Crippen LogP contribution in [0.2, 0.25) is 5.02 Å². The molecule has 0 bridgehead atoms. The molecule has 1 heterocycles. The number of rotatable bonds is 4. The Kier molecular flexibility index (Phi) is 4.14. The van der Waals surface area contributed by atoms with Crippen LogP contribution in [0.15, 0.2) is 53.4 Å². The summed E-state index contributed by atoms with van der Waals surface area (Å²) in [6.07, 6.45) is 1.17. The van der Waals surface area contributed by atoms with Crippen LogP contribution in [0.4, 0.5) is 0 Å². The molecule has 1 aromatic heterocycles. The van der Waals surface area contributed by atoms with Crippen LogP contribution in [-0.2, 0) is 16.4 Å². The lowest BCUT2D eigenvalue weighted by molar-refractivity contribution is 0.573. The van der Waals surface area contributed by atoms with Gasteiger partial charge < -0.3 is 0 Å². The molecule has 0 spiro atoms. The Hall–Kier alpha value is -2.25. The lowest BCUT2D eigenvalue weighted by Crippen LogP contribution is -2.03. The predicted molar refractivity (Wildman–Crippen MR) is 86.9 cm³/mol. The van der Waals surface area contributed by atoms with Crippen molar-refractivity contribution in [3.63, 3.8) is 0 Å². The summed E-state index contributed by atoms with van der Waals surface area (Å²) in [5.74, 6) is 0.444. The van der Waals surface area contributed by atoms with Gasteiger partial charge in [0.25, 0.3) is 0 Å². The monoisotopic (exact) mass is 348 g/mol. The lowest BCUT2D eigenvalue weighted by Gasteiger charge is -2.00. The Morgan fingerprint density at radius 2 is 1.70 bits per heavy atom. The summed E-state index contributed by atoms with van der Waals surface area (Å²) in [6.45, 7) is 0.478. The largest absolute Gasteiger partial charge is 0.224 e. The second-order valence-electron chi connectivity index (χ2n) is 5.07. The van der Waals surface area contributed by atoms with Gasteiger partial charge in [-0.1, -0.05) is 23.7 Å². The van der Waals surface area contributed by atoms with Crippen molar-refractivity contribution in [2.24, 2.45) is 0 Å². The first kappa shape index (κ1) is 15.6. The maximum Gasteiger partial charge on any atom is 0.204 e. The number of aromatic nitrogens is 4. The van der Waals surface area contributed by atoms with E-state index in [1.165, 1.54) is 23.2 Å². The van der Waals surface area contributed by atoms with E-state index in [4.69, 9.17) is 11.6 Å². The van der Waals surface area contributed by atoms with Gasteiger partial charge in [0.15, 0.2) is 9.84 Å². The summed E-state index contributed by atoms with van der Waals surface area (Å²) < 4.78 is 22.9. The molecule has 0 atom stereocenters. The zero-order chi connectivity index (χ0) is 16.4. The quantitative estimate of drug-likeness (QED) is 0.723. The van der Waals surface area contributed by atoms with Crippen molar-refractivity contribution < 1.29 is 8.42 Å². The van der Waals surface area contributed by atoms with Gasteiger partial charge in [-0.2, -0.15) is 4.80 Å². The van der Waals surface area contributed by atoms with E-state index in [0.717, 1.165) is 5.56 Å². The second kappa shape index (κ2) is 6.10. The third kappa shape index (κ3) is 3.75. The molecule has 3 rings (SSSR count). The summed E-state index contributed by atoms with van der Waals surface area (Å²) in [5, 5.41) is 13.0. The molecule has 0 N–H and O–H groups in total. The summed E-state index contributed by atoms with van der Waals surface area (Å²) in [6, 6.07) is 13.8. The molecule has 0 saturated heterocycles. The first-order chi connectivity index (χ1) is 10.9. The van der Waals surface area contributed by atoms with Gasteiger partial charge >= 0.3 is 0 Å². The van der Waals surface area contributed by atoms with Gasteiger partial charge in [-0.3, -0.25) is 0 Å². The summed E-state index contributed by atoms with van der Waals surface area (Å²) in [7, 11) is -3.21. The highest BCUT2D eigenvalue weighted by molar-refractivity contribution is 7.90. The van der Waals surface area contributed by atoms with Crippen molar-refractivity contribution in [3.8, 4) is 11.4 Å². The lowest BCUT2D eigenvalue weighted by atomic mass is 10.2. The number of sulfone groups is 1. The van der Waals surface area contributed by atoms with Crippen LogP contribution >= 0.6 is 11.6 Å². The van der Waals surface area contributed by atoms with E-state index in [-0.39, 0.29) is 4.90 Å². The molecule has 0 aliphatic rings. The van der Waals surface area contributed by atoms with Crippen LogP contribution in [-0.4, -0.2) is 34.9 Å². The average molecular weight is 349 g/mol. The van der Waals surface area contributed by atoms with Crippen molar-refractivity contribution in [2.75, 3.05) is 6.26 Å². The molecule has 6 nitrogen and oxygen atoms in total.